The van der Waals surface area contributed by atoms with Crippen molar-refractivity contribution >= 4 is 11.6 Å². The van der Waals surface area contributed by atoms with E-state index in [1.807, 2.05) is 18.5 Å². The Morgan fingerprint density at radius 3 is 2.94 bits per heavy atom. The molecule has 2 unspecified atom stereocenters. The van der Waals surface area contributed by atoms with E-state index < -0.39 is 0 Å². The number of aliphatic hydroxyl groups is 1. The fourth-order valence-electron chi connectivity index (χ4n) is 2.17. The Hall–Kier alpha value is -0.580. The number of aliphatic hydroxyl groups excluding tert-OH is 1. The van der Waals surface area contributed by atoms with Gasteiger partial charge in [-0.15, -0.1) is 0 Å². The number of rotatable bonds is 3. The summed E-state index contributed by atoms with van der Waals surface area (Å²) in [7, 11) is 1.92. The van der Waals surface area contributed by atoms with Gasteiger partial charge in [-0.05, 0) is 25.8 Å². The zero-order valence-electron chi connectivity index (χ0n) is 9.73. The van der Waals surface area contributed by atoms with E-state index in [9.17, 15) is 5.11 Å². The van der Waals surface area contributed by atoms with E-state index in [0.717, 1.165) is 31.9 Å². The summed E-state index contributed by atoms with van der Waals surface area (Å²) < 4.78 is 1.90. The third-order valence-electron chi connectivity index (χ3n) is 3.38. The highest BCUT2D eigenvalue weighted by molar-refractivity contribution is 6.29. The lowest BCUT2D eigenvalue weighted by molar-refractivity contribution is 0.127. The Morgan fingerprint density at radius 2 is 2.44 bits per heavy atom. The molecule has 0 saturated carbocycles. The number of nitrogens with zero attached hydrogens (tertiary/aromatic N) is 3. The molecule has 1 N–H and O–H groups in total. The van der Waals surface area contributed by atoms with E-state index >= 15 is 0 Å². The Kier molecular flexibility index (Phi) is 3.52. The predicted molar refractivity (Wildman–Crippen MR) is 63.3 cm³/mol. The van der Waals surface area contributed by atoms with Crippen LogP contribution < -0.4 is 0 Å². The molecular formula is C11H18ClN3O. The van der Waals surface area contributed by atoms with Crippen molar-refractivity contribution in [2.75, 3.05) is 13.1 Å². The number of aromatic nitrogens is 2. The summed E-state index contributed by atoms with van der Waals surface area (Å²) in [4.78, 5) is 6.59. The zero-order valence-corrected chi connectivity index (χ0v) is 10.5. The first kappa shape index (κ1) is 11.9. The van der Waals surface area contributed by atoms with Crippen LogP contribution in [-0.4, -0.2) is 38.8 Å². The summed E-state index contributed by atoms with van der Waals surface area (Å²) in [5.41, 5.74) is 0. The van der Waals surface area contributed by atoms with Gasteiger partial charge in [0.15, 0.2) is 0 Å². The van der Waals surface area contributed by atoms with Gasteiger partial charge in [-0.3, -0.25) is 4.90 Å². The minimum Gasteiger partial charge on any atom is -0.393 e. The van der Waals surface area contributed by atoms with E-state index in [0.29, 0.717) is 11.1 Å². The average molecular weight is 244 g/mol. The Labute approximate surface area is 101 Å². The summed E-state index contributed by atoms with van der Waals surface area (Å²) >= 11 is 5.94. The normalized spacial score (nSPS) is 23.9. The third-order valence-corrected chi connectivity index (χ3v) is 3.73. The molecule has 0 spiro atoms. The Balaban J connectivity index is 1.94. The van der Waals surface area contributed by atoms with Crippen LogP contribution in [0.4, 0.5) is 0 Å². The van der Waals surface area contributed by atoms with Crippen molar-refractivity contribution in [3.8, 4) is 0 Å². The fraction of sp³-hybridized carbons (Fsp3) is 0.727. The van der Waals surface area contributed by atoms with Gasteiger partial charge in [0.1, 0.15) is 11.0 Å². The van der Waals surface area contributed by atoms with Gasteiger partial charge in [-0.25, -0.2) is 4.98 Å². The third kappa shape index (κ3) is 2.39. The first-order valence-electron chi connectivity index (χ1n) is 5.64. The minimum atomic E-state index is -0.213. The number of hydrogen-bond donors (Lipinski definition) is 1. The first-order valence-corrected chi connectivity index (χ1v) is 6.02. The molecule has 1 fully saturated rings. The van der Waals surface area contributed by atoms with E-state index in [1.54, 1.807) is 6.20 Å². The molecular weight excluding hydrogens is 226 g/mol. The minimum absolute atomic E-state index is 0.213. The second-order valence-corrected chi connectivity index (χ2v) is 4.97. The van der Waals surface area contributed by atoms with E-state index in [-0.39, 0.29) is 6.10 Å². The number of hydrogen-bond acceptors (Lipinski definition) is 3. The maximum absolute atomic E-state index is 9.53. The molecule has 5 heteroatoms. The van der Waals surface area contributed by atoms with Crippen LogP contribution in [0.1, 0.15) is 19.2 Å². The lowest BCUT2D eigenvalue weighted by atomic mass is 10.0. The molecule has 90 valence electrons. The van der Waals surface area contributed by atoms with Gasteiger partial charge >= 0.3 is 0 Å². The maximum Gasteiger partial charge on any atom is 0.128 e. The van der Waals surface area contributed by atoms with Crippen LogP contribution in [-0.2, 0) is 13.6 Å². The van der Waals surface area contributed by atoms with E-state index in [4.69, 9.17) is 11.6 Å². The molecule has 1 aliphatic rings. The second-order valence-electron chi connectivity index (χ2n) is 4.58. The SMILES string of the molecule is CC(O)C1CCN(Cc2ncc(Cl)n2C)C1. The van der Waals surface area contributed by atoms with Crippen molar-refractivity contribution in [2.45, 2.75) is 26.0 Å². The van der Waals surface area contributed by atoms with Gasteiger partial charge < -0.3 is 9.67 Å². The van der Waals surface area contributed by atoms with Gasteiger partial charge in [0.25, 0.3) is 0 Å². The summed E-state index contributed by atoms with van der Waals surface area (Å²) in [5.74, 6) is 1.38. The monoisotopic (exact) mass is 243 g/mol. The molecule has 0 aromatic carbocycles. The molecule has 0 amide bonds. The Bertz CT molecular complexity index is 364. The van der Waals surface area contributed by atoms with Crippen molar-refractivity contribution in [3.05, 3.63) is 17.2 Å². The molecule has 1 saturated heterocycles. The van der Waals surface area contributed by atoms with Crippen LogP contribution in [0.2, 0.25) is 5.15 Å². The second kappa shape index (κ2) is 4.73. The van der Waals surface area contributed by atoms with Crippen molar-refractivity contribution < 1.29 is 5.11 Å². The van der Waals surface area contributed by atoms with Crippen molar-refractivity contribution in [3.63, 3.8) is 0 Å². The summed E-state index contributed by atoms with van der Waals surface area (Å²) in [6, 6.07) is 0. The highest BCUT2D eigenvalue weighted by atomic mass is 35.5. The largest absolute Gasteiger partial charge is 0.393 e. The lowest BCUT2D eigenvalue weighted by Crippen LogP contribution is -2.25. The predicted octanol–water partition coefficient (Wildman–Crippen LogP) is 1.28. The lowest BCUT2D eigenvalue weighted by Gasteiger charge is -2.17. The zero-order chi connectivity index (χ0) is 11.7. The van der Waals surface area contributed by atoms with Crippen molar-refractivity contribution in [1.29, 1.82) is 0 Å². The topological polar surface area (TPSA) is 41.3 Å². The number of halogens is 1. The summed E-state index contributed by atoms with van der Waals surface area (Å²) in [6.45, 7) is 4.65. The van der Waals surface area contributed by atoms with Gasteiger partial charge in [-0.1, -0.05) is 11.6 Å². The summed E-state index contributed by atoms with van der Waals surface area (Å²) in [5, 5.41) is 10.2. The molecule has 2 heterocycles. The van der Waals surface area contributed by atoms with E-state index in [1.165, 1.54) is 0 Å². The van der Waals surface area contributed by atoms with Gasteiger partial charge in [0.05, 0.1) is 18.8 Å². The first-order chi connectivity index (χ1) is 7.58. The Morgan fingerprint density at radius 1 is 1.69 bits per heavy atom. The van der Waals surface area contributed by atoms with Crippen molar-refractivity contribution in [2.24, 2.45) is 13.0 Å². The molecule has 1 aromatic rings. The quantitative estimate of drug-likeness (QED) is 0.870. The molecule has 1 aromatic heterocycles. The van der Waals surface area contributed by atoms with Gasteiger partial charge in [-0.2, -0.15) is 0 Å². The van der Waals surface area contributed by atoms with Crippen LogP contribution in [0.15, 0.2) is 6.20 Å². The molecule has 2 rings (SSSR count). The smallest absolute Gasteiger partial charge is 0.128 e. The van der Waals surface area contributed by atoms with Crippen LogP contribution in [0.5, 0.6) is 0 Å². The molecule has 16 heavy (non-hydrogen) atoms. The molecule has 0 aliphatic carbocycles. The molecule has 0 bridgehead atoms. The van der Waals surface area contributed by atoms with Crippen molar-refractivity contribution in [1.82, 2.24) is 14.5 Å². The van der Waals surface area contributed by atoms with Crippen LogP contribution in [0.3, 0.4) is 0 Å². The van der Waals surface area contributed by atoms with Crippen LogP contribution in [0.25, 0.3) is 0 Å². The number of imidazole rings is 1. The maximum atomic E-state index is 9.53. The van der Waals surface area contributed by atoms with E-state index in [2.05, 4.69) is 9.88 Å². The molecule has 2 atom stereocenters. The van der Waals surface area contributed by atoms with Gasteiger partial charge in [0, 0.05) is 13.6 Å². The highest BCUT2D eigenvalue weighted by Gasteiger charge is 2.26. The van der Waals surface area contributed by atoms with Gasteiger partial charge in [0.2, 0.25) is 0 Å². The highest BCUT2D eigenvalue weighted by Crippen LogP contribution is 2.21. The fourth-order valence-corrected chi connectivity index (χ4v) is 2.32. The van der Waals surface area contributed by atoms with Crippen LogP contribution in [0, 0.1) is 5.92 Å². The molecule has 1 aliphatic heterocycles. The molecule has 0 radical (unpaired) electrons. The number of likely N-dealkylation sites (tertiary alicyclic amines) is 1. The molecule has 4 nitrogen and oxygen atoms in total. The average Bonchev–Trinajstić information content (AvgIpc) is 2.81. The summed E-state index contributed by atoms with van der Waals surface area (Å²) in [6.07, 6.45) is 2.53. The van der Waals surface area contributed by atoms with Crippen LogP contribution >= 0.6 is 11.6 Å². The standard InChI is InChI=1S/C11H18ClN3O/c1-8(16)9-3-4-15(6-9)7-11-13-5-10(12)14(11)2/h5,8-9,16H,3-4,6-7H2,1-2H3.